The fourth-order valence-corrected chi connectivity index (χ4v) is 2.30. The highest BCUT2D eigenvalue weighted by Crippen LogP contribution is 2.18. The van der Waals surface area contributed by atoms with Crippen molar-refractivity contribution in [1.82, 2.24) is 15.2 Å². The van der Waals surface area contributed by atoms with E-state index in [2.05, 4.69) is 25.2 Å². The second-order valence-electron chi connectivity index (χ2n) is 4.09. The molecule has 0 unspecified atom stereocenters. The lowest BCUT2D eigenvalue weighted by atomic mass is 10.2. The Kier molecular flexibility index (Phi) is 4.51. The highest BCUT2D eigenvalue weighted by atomic mass is 32.1. The average Bonchev–Trinajstić information content (AvgIpc) is 3.02. The smallest absolute Gasteiger partial charge is 0.305 e. The van der Waals surface area contributed by atoms with E-state index in [-0.39, 0.29) is 5.97 Å². The molecule has 2 rings (SSSR count). The minimum absolute atomic E-state index is 0.212. The largest absolute Gasteiger partial charge is 0.469 e. The molecule has 0 aliphatic rings. The minimum Gasteiger partial charge on any atom is -0.469 e. The van der Waals surface area contributed by atoms with Crippen LogP contribution in [0.2, 0.25) is 0 Å². The van der Waals surface area contributed by atoms with Crippen LogP contribution in [0, 0.1) is 6.92 Å². The number of H-pyrrole nitrogens is 1. The topological polar surface area (TPSA) is 79.9 Å². The van der Waals surface area contributed by atoms with Crippen molar-refractivity contribution in [3.63, 3.8) is 0 Å². The molecule has 0 aliphatic carbocycles. The minimum atomic E-state index is -0.212. The van der Waals surface area contributed by atoms with Gasteiger partial charge in [0.2, 0.25) is 0 Å². The fourth-order valence-electron chi connectivity index (χ4n) is 1.56. The first kappa shape index (κ1) is 13.5. The standard InChI is InChI=1S/C12H16N4O2S/c1-8-9(6-14-16-8)5-13-12-15-10(7-19-12)3-4-11(17)18-2/h6-7H,3-5H2,1-2H3,(H,13,15)(H,14,16). The van der Waals surface area contributed by atoms with Crippen molar-refractivity contribution in [2.24, 2.45) is 0 Å². The quantitative estimate of drug-likeness (QED) is 0.790. The molecular formula is C12H16N4O2S. The van der Waals surface area contributed by atoms with Crippen molar-refractivity contribution in [2.45, 2.75) is 26.3 Å². The lowest BCUT2D eigenvalue weighted by Gasteiger charge is -2.00. The maximum absolute atomic E-state index is 11.0. The van der Waals surface area contributed by atoms with E-state index in [0.717, 1.165) is 22.1 Å². The van der Waals surface area contributed by atoms with Crippen LogP contribution >= 0.6 is 11.3 Å². The Hall–Kier alpha value is -1.89. The van der Waals surface area contributed by atoms with Crippen LogP contribution in [0.15, 0.2) is 11.6 Å². The monoisotopic (exact) mass is 280 g/mol. The molecule has 0 saturated carbocycles. The van der Waals surface area contributed by atoms with Crippen molar-refractivity contribution < 1.29 is 9.53 Å². The number of ether oxygens (including phenoxy) is 1. The summed E-state index contributed by atoms with van der Waals surface area (Å²) < 4.78 is 4.60. The maximum Gasteiger partial charge on any atom is 0.305 e. The Labute approximate surface area is 115 Å². The average molecular weight is 280 g/mol. The van der Waals surface area contributed by atoms with Gasteiger partial charge < -0.3 is 10.1 Å². The molecule has 0 amide bonds. The van der Waals surface area contributed by atoms with Gasteiger partial charge in [-0.2, -0.15) is 5.10 Å². The first-order valence-electron chi connectivity index (χ1n) is 5.93. The first-order valence-corrected chi connectivity index (χ1v) is 6.81. The molecule has 6 nitrogen and oxygen atoms in total. The number of carbonyl (C=O) groups excluding carboxylic acids is 1. The van der Waals surface area contributed by atoms with Crippen LogP contribution in [0.5, 0.6) is 0 Å². The van der Waals surface area contributed by atoms with Gasteiger partial charge in [-0.15, -0.1) is 11.3 Å². The molecular weight excluding hydrogens is 264 g/mol. The lowest BCUT2D eigenvalue weighted by molar-refractivity contribution is -0.140. The highest BCUT2D eigenvalue weighted by Gasteiger charge is 2.06. The number of esters is 1. The number of nitrogens with one attached hydrogen (secondary N) is 2. The van der Waals surface area contributed by atoms with E-state index in [1.807, 2.05) is 12.3 Å². The molecule has 7 heteroatoms. The summed E-state index contributed by atoms with van der Waals surface area (Å²) in [6.07, 6.45) is 2.77. The van der Waals surface area contributed by atoms with Gasteiger partial charge in [-0.25, -0.2) is 4.98 Å². The van der Waals surface area contributed by atoms with Crippen LogP contribution < -0.4 is 5.32 Å². The molecule has 0 fully saturated rings. The summed E-state index contributed by atoms with van der Waals surface area (Å²) in [4.78, 5) is 15.5. The van der Waals surface area contributed by atoms with Gasteiger partial charge in [0.25, 0.3) is 0 Å². The van der Waals surface area contributed by atoms with E-state index in [9.17, 15) is 4.79 Å². The van der Waals surface area contributed by atoms with E-state index in [1.54, 1.807) is 6.20 Å². The normalized spacial score (nSPS) is 10.4. The number of rotatable bonds is 6. The van der Waals surface area contributed by atoms with Gasteiger partial charge in [0.05, 0.1) is 25.4 Å². The van der Waals surface area contributed by atoms with Crippen molar-refractivity contribution in [2.75, 3.05) is 12.4 Å². The maximum atomic E-state index is 11.0. The molecule has 19 heavy (non-hydrogen) atoms. The third-order valence-electron chi connectivity index (χ3n) is 2.73. The van der Waals surface area contributed by atoms with Gasteiger partial charge in [-0.05, 0) is 6.92 Å². The van der Waals surface area contributed by atoms with Crippen LogP contribution in [-0.2, 0) is 22.5 Å². The van der Waals surface area contributed by atoms with Gasteiger partial charge in [0.1, 0.15) is 0 Å². The summed E-state index contributed by atoms with van der Waals surface area (Å²) >= 11 is 1.53. The molecule has 0 bridgehead atoms. The second-order valence-corrected chi connectivity index (χ2v) is 4.95. The Morgan fingerprint density at radius 1 is 1.58 bits per heavy atom. The fraction of sp³-hybridized carbons (Fsp3) is 0.417. The van der Waals surface area contributed by atoms with E-state index < -0.39 is 0 Å². The number of aromatic nitrogens is 3. The van der Waals surface area contributed by atoms with Gasteiger partial charge in [0.15, 0.2) is 5.13 Å². The predicted molar refractivity (Wildman–Crippen MR) is 73.1 cm³/mol. The Morgan fingerprint density at radius 2 is 2.42 bits per heavy atom. The van der Waals surface area contributed by atoms with E-state index in [1.165, 1.54) is 18.4 Å². The zero-order valence-electron chi connectivity index (χ0n) is 10.9. The van der Waals surface area contributed by atoms with Crippen LogP contribution in [0.4, 0.5) is 5.13 Å². The molecule has 2 heterocycles. The Balaban J connectivity index is 1.84. The second kappa shape index (κ2) is 6.33. The Morgan fingerprint density at radius 3 is 3.11 bits per heavy atom. The number of aryl methyl sites for hydroxylation is 2. The Bertz CT molecular complexity index is 549. The molecule has 2 N–H and O–H groups in total. The van der Waals surface area contributed by atoms with E-state index in [0.29, 0.717) is 19.4 Å². The molecule has 2 aromatic heterocycles. The first-order chi connectivity index (χ1) is 9.19. The number of carbonyl (C=O) groups is 1. The van der Waals surface area contributed by atoms with Crippen LogP contribution in [-0.4, -0.2) is 28.3 Å². The number of hydrogen-bond acceptors (Lipinski definition) is 6. The number of thiazole rings is 1. The molecule has 2 aromatic rings. The van der Waals surface area contributed by atoms with Crippen molar-refractivity contribution in [1.29, 1.82) is 0 Å². The van der Waals surface area contributed by atoms with Gasteiger partial charge in [-0.1, -0.05) is 0 Å². The predicted octanol–water partition coefficient (Wildman–Crippen LogP) is 1.89. The number of aromatic amines is 1. The summed E-state index contributed by atoms with van der Waals surface area (Å²) in [6, 6.07) is 0. The molecule has 0 aliphatic heterocycles. The number of methoxy groups -OCH3 is 1. The SMILES string of the molecule is COC(=O)CCc1csc(NCc2cn[nH]c2C)n1. The summed E-state index contributed by atoms with van der Waals surface area (Å²) in [5, 5.41) is 12.9. The van der Waals surface area contributed by atoms with Crippen LogP contribution in [0.25, 0.3) is 0 Å². The zero-order valence-corrected chi connectivity index (χ0v) is 11.7. The summed E-state index contributed by atoms with van der Waals surface area (Å²) in [7, 11) is 1.39. The van der Waals surface area contributed by atoms with E-state index >= 15 is 0 Å². The molecule has 102 valence electrons. The summed E-state index contributed by atoms with van der Waals surface area (Å²) in [5.41, 5.74) is 3.07. The van der Waals surface area contributed by atoms with E-state index in [4.69, 9.17) is 0 Å². The lowest BCUT2D eigenvalue weighted by Crippen LogP contribution is -2.03. The van der Waals surface area contributed by atoms with Crippen molar-refractivity contribution in [3.8, 4) is 0 Å². The molecule has 0 saturated heterocycles. The van der Waals surface area contributed by atoms with Gasteiger partial charge in [0, 0.05) is 29.6 Å². The third-order valence-corrected chi connectivity index (χ3v) is 3.58. The summed E-state index contributed by atoms with van der Waals surface area (Å²) in [5.74, 6) is -0.212. The molecule has 0 atom stereocenters. The molecule has 0 spiro atoms. The number of anilines is 1. The summed E-state index contributed by atoms with van der Waals surface area (Å²) in [6.45, 7) is 2.67. The molecule has 0 radical (unpaired) electrons. The van der Waals surface area contributed by atoms with Gasteiger partial charge >= 0.3 is 5.97 Å². The highest BCUT2D eigenvalue weighted by molar-refractivity contribution is 7.13. The zero-order chi connectivity index (χ0) is 13.7. The number of nitrogens with zero attached hydrogens (tertiary/aromatic N) is 2. The molecule has 0 aromatic carbocycles. The van der Waals surface area contributed by atoms with Gasteiger partial charge in [-0.3, -0.25) is 9.89 Å². The van der Waals surface area contributed by atoms with Crippen LogP contribution in [0.3, 0.4) is 0 Å². The van der Waals surface area contributed by atoms with Crippen LogP contribution in [0.1, 0.15) is 23.4 Å². The van der Waals surface area contributed by atoms with Crippen molar-refractivity contribution in [3.05, 3.63) is 28.5 Å². The van der Waals surface area contributed by atoms with Crippen molar-refractivity contribution >= 4 is 22.4 Å². The number of hydrogen-bond donors (Lipinski definition) is 2. The third kappa shape index (κ3) is 3.78.